The molecule has 84 valence electrons. The summed E-state index contributed by atoms with van der Waals surface area (Å²) in [5.41, 5.74) is 3.28. The Hall–Kier alpha value is -2.09. The number of pyridine rings is 1. The van der Waals surface area contributed by atoms with Crippen molar-refractivity contribution in [2.45, 2.75) is 6.92 Å². The number of rotatable bonds is 1. The SMILES string of the molecule is COc1ccc2nc3cc(C)ccc3cc2c1. The highest BCUT2D eigenvalue weighted by Crippen LogP contribution is 2.24. The number of fused-ring (bicyclic) bond motifs is 2. The van der Waals surface area contributed by atoms with E-state index < -0.39 is 0 Å². The molecule has 2 heteroatoms. The monoisotopic (exact) mass is 223 g/mol. The first-order valence-corrected chi connectivity index (χ1v) is 5.61. The van der Waals surface area contributed by atoms with Crippen LogP contribution in [0.4, 0.5) is 0 Å². The van der Waals surface area contributed by atoms with E-state index in [1.54, 1.807) is 7.11 Å². The maximum atomic E-state index is 5.23. The minimum atomic E-state index is 0.866. The van der Waals surface area contributed by atoms with Crippen molar-refractivity contribution in [1.82, 2.24) is 4.98 Å². The van der Waals surface area contributed by atoms with E-state index in [1.165, 1.54) is 5.56 Å². The molecule has 0 radical (unpaired) electrons. The average Bonchev–Trinajstić information content (AvgIpc) is 2.35. The quantitative estimate of drug-likeness (QED) is 0.587. The molecule has 0 fully saturated rings. The average molecular weight is 223 g/mol. The molecule has 3 aromatic rings. The molecule has 0 aliphatic heterocycles. The normalized spacial score (nSPS) is 10.9. The van der Waals surface area contributed by atoms with E-state index in [4.69, 9.17) is 4.74 Å². The molecule has 1 aromatic heterocycles. The number of hydrogen-bond acceptors (Lipinski definition) is 2. The molecule has 1 heterocycles. The van der Waals surface area contributed by atoms with Gasteiger partial charge >= 0.3 is 0 Å². The number of aryl methyl sites for hydroxylation is 1. The minimum Gasteiger partial charge on any atom is -0.497 e. The van der Waals surface area contributed by atoms with Crippen molar-refractivity contribution in [2.75, 3.05) is 7.11 Å². The summed E-state index contributed by atoms with van der Waals surface area (Å²) in [6.07, 6.45) is 0. The highest BCUT2D eigenvalue weighted by Gasteiger charge is 2.01. The van der Waals surface area contributed by atoms with Gasteiger partial charge in [0.15, 0.2) is 0 Å². The van der Waals surface area contributed by atoms with Crippen LogP contribution in [0, 0.1) is 6.92 Å². The highest BCUT2D eigenvalue weighted by molar-refractivity contribution is 5.93. The number of methoxy groups -OCH3 is 1. The van der Waals surface area contributed by atoms with Crippen LogP contribution >= 0.6 is 0 Å². The number of hydrogen-bond donors (Lipinski definition) is 0. The molecular weight excluding hydrogens is 210 g/mol. The number of ether oxygens (including phenoxy) is 1. The first kappa shape index (κ1) is 10.1. The maximum absolute atomic E-state index is 5.23. The molecule has 0 atom stereocenters. The van der Waals surface area contributed by atoms with Crippen molar-refractivity contribution in [3.8, 4) is 5.75 Å². The van der Waals surface area contributed by atoms with Gasteiger partial charge in [0.1, 0.15) is 5.75 Å². The molecule has 3 rings (SSSR count). The predicted molar refractivity (Wildman–Crippen MR) is 70.5 cm³/mol. The summed E-state index contributed by atoms with van der Waals surface area (Å²) in [5, 5.41) is 2.28. The fourth-order valence-electron chi connectivity index (χ4n) is 2.05. The summed E-state index contributed by atoms with van der Waals surface area (Å²) in [5.74, 6) is 0.866. The summed E-state index contributed by atoms with van der Waals surface area (Å²) >= 11 is 0. The van der Waals surface area contributed by atoms with E-state index in [0.29, 0.717) is 0 Å². The van der Waals surface area contributed by atoms with Gasteiger partial charge in [-0.05, 0) is 42.8 Å². The Bertz CT molecular complexity index is 704. The van der Waals surface area contributed by atoms with E-state index >= 15 is 0 Å². The van der Waals surface area contributed by atoms with Crippen molar-refractivity contribution >= 4 is 21.8 Å². The van der Waals surface area contributed by atoms with Crippen LogP contribution in [-0.2, 0) is 0 Å². The van der Waals surface area contributed by atoms with E-state index in [0.717, 1.165) is 27.6 Å². The molecular formula is C15H13NO. The van der Waals surface area contributed by atoms with E-state index in [9.17, 15) is 0 Å². The molecule has 0 bridgehead atoms. The number of aromatic nitrogens is 1. The van der Waals surface area contributed by atoms with Gasteiger partial charge in [0, 0.05) is 10.8 Å². The zero-order chi connectivity index (χ0) is 11.8. The summed E-state index contributed by atoms with van der Waals surface area (Å²) < 4.78 is 5.23. The van der Waals surface area contributed by atoms with Crippen LogP contribution in [-0.4, -0.2) is 12.1 Å². The second kappa shape index (κ2) is 3.74. The minimum absolute atomic E-state index is 0.866. The van der Waals surface area contributed by atoms with Crippen molar-refractivity contribution < 1.29 is 4.74 Å². The van der Waals surface area contributed by atoms with Gasteiger partial charge in [-0.25, -0.2) is 4.98 Å². The van der Waals surface area contributed by atoms with Crippen LogP contribution in [0.1, 0.15) is 5.56 Å². The van der Waals surface area contributed by atoms with Crippen molar-refractivity contribution in [3.05, 3.63) is 48.0 Å². The molecule has 0 aliphatic rings. The Labute approximate surface area is 99.9 Å². The third-order valence-electron chi connectivity index (χ3n) is 2.97. The van der Waals surface area contributed by atoms with Gasteiger partial charge in [-0.2, -0.15) is 0 Å². The Kier molecular flexibility index (Phi) is 2.22. The van der Waals surface area contributed by atoms with Crippen LogP contribution in [0.15, 0.2) is 42.5 Å². The summed E-state index contributed by atoms with van der Waals surface area (Å²) in [6, 6.07) is 14.4. The first-order chi connectivity index (χ1) is 8.26. The lowest BCUT2D eigenvalue weighted by Crippen LogP contribution is -1.86. The molecule has 0 saturated heterocycles. The maximum Gasteiger partial charge on any atom is 0.119 e. The molecule has 0 saturated carbocycles. The van der Waals surface area contributed by atoms with Gasteiger partial charge in [-0.15, -0.1) is 0 Å². The second-order valence-electron chi connectivity index (χ2n) is 4.24. The van der Waals surface area contributed by atoms with Gasteiger partial charge < -0.3 is 4.74 Å². The predicted octanol–water partition coefficient (Wildman–Crippen LogP) is 3.71. The zero-order valence-corrected chi connectivity index (χ0v) is 9.90. The third kappa shape index (κ3) is 1.72. The molecule has 0 unspecified atom stereocenters. The van der Waals surface area contributed by atoms with Crippen molar-refractivity contribution in [3.63, 3.8) is 0 Å². The molecule has 0 N–H and O–H groups in total. The largest absolute Gasteiger partial charge is 0.497 e. The first-order valence-electron chi connectivity index (χ1n) is 5.61. The Balaban J connectivity index is 2.35. The fraction of sp³-hybridized carbons (Fsp3) is 0.133. The van der Waals surface area contributed by atoms with Crippen molar-refractivity contribution in [1.29, 1.82) is 0 Å². The van der Waals surface area contributed by atoms with Gasteiger partial charge in [0.2, 0.25) is 0 Å². The molecule has 2 aromatic carbocycles. The molecule has 2 nitrogen and oxygen atoms in total. The summed E-state index contributed by atoms with van der Waals surface area (Å²) in [4.78, 5) is 4.66. The topological polar surface area (TPSA) is 22.1 Å². The zero-order valence-electron chi connectivity index (χ0n) is 9.90. The van der Waals surface area contributed by atoms with Crippen LogP contribution in [0.2, 0.25) is 0 Å². The molecule has 17 heavy (non-hydrogen) atoms. The van der Waals surface area contributed by atoms with Gasteiger partial charge in [0.25, 0.3) is 0 Å². The second-order valence-corrected chi connectivity index (χ2v) is 4.24. The lowest BCUT2D eigenvalue weighted by molar-refractivity contribution is 0.415. The number of benzene rings is 2. The third-order valence-corrected chi connectivity index (χ3v) is 2.97. The molecule has 0 amide bonds. The Morgan fingerprint density at radius 3 is 2.59 bits per heavy atom. The lowest BCUT2D eigenvalue weighted by atomic mass is 10.1. The van der Waals surface area contributed by atoms with Crippen LogP contribution in [0.5, 0.6) is 5.75 Å². The Morgan fingerprint density at radius 1 is 0.882 bits per heavy atom. The van der Waals surface area contributed by atoms with E-state index in [-0.39, 0.29) is 0 Å². The van der Waals surface area contributed by atoms with Gasteiger partial charge in [-0.3, -0.25) is 0 Å². The Morgan fingerprint density at radius 2 is 1.76 bits per heavy atom. The van der Waals surface area contributed by atoms with Crippen molar-refractivity contribution in [2.24, 2.45) is 0 Å². The van der Waals surface area contributed by atoms with E-state index in [2.05, 4.69) is 36.2 Å². The summed E-state index contributed by atoms with van der Waals surface area (Å²) in [6.45, 7) is 2.08. The summed E-state index contributed by atoms with van der Waals surface area (Å²) in [7, 11) is 1.68. The molecule has 0 spiro atoms. The number of nitrogens with zero attached hydrogens (tertiary/aromatic N) is 1. The molecule has 0 aliphatic carbocycles. The van der Waals surface area contributed by atoms with Gasteiger partial charge in [-0.1, -0.05) is 12.1 Å². The van der Waals surface area contributed by atoms with Crippen LogP contribution in [0.25, 0.3) is 21.8 Å². The van der Waals surface area contributed by atoms with Crippen LogP contribution in [0.3, 0.4) is 0 Å². The fourth-order valence-corrected chi connectivity index (χ4v) is 2.05. The standard InChI is InChI=1S/C15H13NO/c1-10-3-4-11-8-12-9-13(17-2)5-6-14(12)16-15(11)7-10/h3-9H,1-2H3. The highest BCUT2D eigenvalue weighted by atomic mass is 16.5. The smallest absolute Gasteiger partial charge is 0.119 e. The van der Waals surface area contributed by atoms with Crippen LogP contribution < -0.4 is 4.74 Å². The lowest BCUT2D eigenvalue weighted by Gasteiger charge is -2.04. The van der Waals surface area contributed by atoms with Gasteiger partial charge in [0.05, 0.1) is 18.1 Å². The van der Waals surface area contributed by atoms with E-state index in [1.807, 2.05) is 18.2 Å².